The standard InChI is InChI=1S/C14H19FO9/c1-6(16)23-5-10-7(2-11(17)18)8(3-12(19)20)14(15)9(24-10)4-13(21)22/h7-10,14H,2-5H2,1H3,(H,17,18)(H,19,20)(H,21,22)/t7-,8+,9-,10+,14+/m1/s1. The first-order valence-electron chi connectivity index (χ1n) is 7.20. The summed E-state index contributed by atoms with van der Waals surface area (Å²) in [7, 11) is 0. The van der Waals surface area contributed by atoms with E-state index in [0.29, 0.717) is 0 Å². The van der Waals surface area contributed by atoms with Crippen molar-refractivity contribution in [2.75, 3.05) is 6.61 Å². The molecule has 0 saturated carbocycles. The van der Waals surface area contributed by atoms with Gasteiger partial charge in [-0.15, -0.1) is 0 Å². The predicted octanol–water partition coefficient (Wildman–Crippen LogP) is 0.312. The van der Waals surface area contributed by atoms with Crippen LogP contribution in [0.2, 0.25) is 0 Å². The number of alkyl halides is 1. The van der Waals surface area contributed by atoms with Gasteiger partial charge in [0, 0.05) is 18.8 Å². The Labute approximate surface area is 136 Å². The van der Waals surface area contributed by atoms with Gasteiger partial charge >= 0.3 is 23.9 Å². The van der Waals surface area contributed by atoms with Crippen molar-refractivity contribution in [1.29, 1.82) is 0 Å². The lowest BCUT2D eigenvalue weighted by Gasteiger charge is -2.42. The van der Waals surface area contributed by atoms with Gasteiger partial charge in [0.2, 0.25) is 0 Å². The van der Waals surface area contributed by atoms with Crippen LogP contribution in [0.4, 0.5) is 4.39 Å². The van der Waals surface area contributed by atoms with Crippen molar-refractivity contribution >= 4 is 23.9 Å². The van der Waals surface area contributed by atoms with Crippen LogP contribution in [0, 0.1) is 11.8 Å². The van der Waals surface area contributed by atoms with Gasteiger partial charge in [0.1, 0.15) is 12.8 Å². The van der Waals surface area contributed by atoms with Crippen LogP contribution in [-0.2, 0) is 28.7 Å². The number of esters is 1. The van der Waals surface area contributed by atoms with Gasteiger partial charge in [0.15, 0.2) is 0 Å². The first kappa shape index (κ1) is 19.8. The average molecular weight is 350 g/mol. The van der Waals surface area contributed by atoms with Crippen LogP contribution in [-0.4, -0.2) is 64.2 Å². The van der Waals surface area contributed by atoms with Gasteiger partial charge in [0.05, 0.1) is 31.5 Å². The van der Waals surface area contributed by atoms with Gasteiger partial charge in [-0.25, -0.2) is 4.39 Å². The van der Waals surface area contributed by atoms with Crippen molar-refractivity contribution < 1.29 is 48.4 Å². The molecule has 1 saturated heterocycles. The maximum Gasteiger partial charge on any atom is 0.306 e. The maximum absolute atomic E-state index is 14.6. The molecule has 0 spiro atoms. The van der Waals surface area contributed by atoms with Crippen LogP contribution in [0.3, 0.4) is 0 Å². The topological polar surface area (TPSA) is 147 Å². The number of hydrogen-bond acceptors (Lipinski definition) is 6. The molecule has 1 rings (SSSR count). The molecule has 0 bridgehead atoms. The van der Waals surface area contributed by atoms with Gasteiger partial charge in [-0.05, 0) is 0 Å². The van der Waals surface area contributed by atoms with E-state index in [9.17, 15) is 23.6 Å². The molecular weight excluding hydrogens is 331 g/mol. The highest BCUT2D eigenvalue weighted by Crippen LogP contribution is 2.38. The second kappa shape index (κ2) is 8.57. The Bertz CT molecular complexity index is 490. The van der Waals surface area contributed by atoms with E-state index in [-0.39, 0.29) is 0 Å². The monoisotopic (exact) mass is 350 g/mol. The fourth-order valence-electron chi connectivity index (χ4n) is 2.83. The number of aliphatic carboxylic acids is 3. The molecule has 0 aromatic rings. The SMILES string of the molecule is CC(=O)OC[C@@H]1O[C@H](CC(=O)O)[C@@H](F)[C@@H](CC(=O)O)[C@H]1CC(=O)O. The van der Waals surface area contributed by atoms with Crippen LogP contribution in [0.15, 0.2) is 0 Å². The molecule has 0 aliphatic carbocycles. The highest BCUT2D eigenvalue weighted by Gasteiger charge is 2.48. The molecule has 1 fully saturated rings. The molecule has 1 aliphatic heterocycles. The zero-order chi connectivity index (χ0) is 18.4. The second-order valence-electron chi connectivity index (χ2n) is 5.58. The Kier molecular flexibility index (Phi) is 7.08. The summed E-state index contributed by atoms with van der Waals surface area (Å²) in [5, 5.41) is 26.8. The van der Waals surface area contributed by atoms with Crippen LogP contribution in [0.1, 0.15) is 26.2 Å². The van der Waals surface area contributed by atoms with E-state index in [1.807, 2.05) is 0 Å². The zero-order valence-electron chi connectivity index (χ0n) is 12.9. The minimum absolute atomic E-state index is 0.410. The van der Waals surface area contributed by atoms with E-state index in [4.69, 9.17) is 24.8 Å². The highest BCUT2D eigenvalue weighted by atomic mass is 19.1. The molecule has 136 valence electrons. The fourth-order valence-corrected chi connectivity index (χ4v) is 2.83. The Hall–Kier alpha value is -2.23. The summed E-state index contributed by atoms with van der Waals surface area (Å²) in [4.78, 5) is 43.8. The third-order valence-corrected chi connectivity index (χ3v) is 3.79. The van der Waals surface area contributed by atoms with Crippen molar-refractivity contribution in [1.82, 2.24) is 0 Å². The van der Waals surface area contributed by atoms with E-state index in [0.717, 1.165) is 6.92 Å². The Morgan fingerprint density at radius 3 is 1.88 bits per heavy atom. The number of halogens is 1. The van der Waals surface area contributed by atoms with E-state index < -0.39 is 80.0 Å². The molecule has 0 unspecified atom stereocenters. The van der Waals surface area contributed by atoms with Crippen molar-refractivity contribution in [3.05, 3.63) is 0 Å². The third kappa shape index (κ3) is 5.76. The Balaban J connectivity index is 3.08. The van der Waals surface area contributed by atoms with Crippen LogP contribution in [0.25, 0.3) is 0 Å². The normalized spacial score (nSPS) is 29.7. The first-order chi connectivity index (χ1) is 11.1. The average Bonchev–Trinajstić information content (AvgIpc) is 2.42. The Morgan fingerprint density at radius 2 is 1.42 bits per heavy atom. The summed E-state index contributed by atoms with van der Waals surface area (Å²) >= 11 is 0. The summed E-state index contributed by atoms with van der Waals surface area (Å²) in [6.07, 6.45) is -6.51. The molecule has 5 atom stereocenters. The number of hydrogen-bond donors (Lipinski definition) is 3. The van der Waals surface area contributed by atoms with Gasteiger partial charge in [0.25, 0.3) is 0 Å². The van der Waals surface area contributed by atoms with Crippen molar-refractivity contribution in [2.45, 2.75) is 44.6 Å². The summed E-state index contributed by atoms with van der Waals surface area (Å²) in [5.74, 6) is -7.01. The van der Waals surface area contributed by atoms with E-state index >= 15 is 0 Å². The number of carbonyl (C=O) groups is 4. The lowest BCUT2D eigenvalue weighted by molar-refractivity contribution is -0.191. The van der Waals surface area contributed by atoms with E-state index in [2.05, 4.69) is 0 Å². The molecule has 10 heteroatoms. The van der Waals surface area contributed by atoms with E-state index in [1.165, 1.54) is 0 Å². The van der Waals surface area contributed by atoms with Crippen molar-refractivity contribution in [3.63, 3.8) is 0 Å². The summed E-state index contributed by atoms with van der Waals surface area (Å²) in [5.41, 5.74) is 0. The molecule has 1 heterocycles. The van der Waals surface area contributed by atoms with Gasteiger partial charge in [-0.2, -0.15) is 0 Å². The van der Waals surface area contributed by atoms with E-state index in [1.54, 1.807) is 0 Å². The lowest BCUT2D eigenvalue weighted by atomic mass is 9.75. The lowest BCUT2D eigenvalue weighted by Crippen LogP contribution is -2.52. The van der Waals surface area contributed by atoms with Crippen LogP contribution < -0.4 is 0 Å². The second-order valence-corrected chi connectivity index (χ2v) is 5.58. The largest absolute Gasteiger partial charge is 0.481 e. The first-order valence-corrected chi connectivity index (χ1v) is 7.20. The van der Waals surface area contributed by atoms with Crippen LogP contribution in [0.5, 0.6) is 0 Å². The number of carboxylic acids is 3. The fraction of sp³-hybridized carbons (Fsp3) is 0.714. The van der Waals surface area contributed by atoms with Gasteiger partial charge < -0.3 is 24.8 Å². The molecule has 0 aromatic carbocycles. The third-order valence-electron chi connectivity index (χ3n) is 3.79. The summed E-state index contributed by atoms with van der Waals surface area (Å²) in [6.45, 7) is 0.697. The Morgan fingerprint density at radius 1 is 0.917 bits per heavy atom. The minimum atomic E-state index is -1.96. The molecule has 1 aliphatic rings. The molecule has 9 nitrogen and oxygen atoms in total. The zero-order valence-corrected chi connectivity index (χ0v) is 12.9. The molecular formula is C14H19FO9. The van der Waals surface area contributed by atoms with Gasteiger partial charge in [-0.3, -0.25) is 19.2 Å². The number of ether oxygens (including phenoxy) is 2. The molecule has 0 radical (unpaired) electrons. The smallest absolute Gasteiger partial charge is 0.306 e. The number of rotatable bonds is 8. The molecule has 3 N–H and O–H groups in total. The quantitative estimate of drug-likeness (QED) is 0.526. The minimum Gasteiger partial charge on any atom is -0.481 e. The molecule has 0 amide bonds. The maximum atomic E-state index is 14.6. The summed E-state index contributed by atoms with van der Waals surface area (Å²) < 4.78 is 24.6. The van der Waals surface area contributed by atoms with Crippen molar-refractivity contribution in [3.8, 4) is 0 Å². The molecule has 0 aromatic heterocycles. The molecule has 24 heavy (non-hydrogen) atoms. The number of carbonyl (C=O) groups excluding carboxylic acids is 1. The highest BCUT2D eigenvalue weighted by molar-refractivity contribution is 5.70. The predicted molar refractivity (Wildman–Crippen MR) is 73.9 cm³/mol. The van der Waals surface area contributed by atoms with Crippen molar-refractivity contribution in [2.24, 2.45) is 11.8 Å². The summed E-state index contributed by atoms with van der Waals surface area (Å²) in [6, 6.07) is 0. The van der Waals surface area contributed by atoms with Crippen LogP contribution >= 0.6 is 0 Å². The number of carboxylic acid groups (broad SMARTS) is 3. The van der Waals surface area contributed by atoms with Gasteiger partial charge in [-0.1, -0.05) is 0 Å².